The first kappa shape index (κ1) is 14.3. The molecule has 1 atom stereocenters. The molecule has 21 heavy (non-hydrogen) atoms. The lowest BCUT2D eigenvalue weighted by Crippen LogP contribution is -2.48. The van der Waals surface area contributed by atoms with Gasteiger partial charge in [0.1, 0.15) is 0 Å². The minimum atomic E-state index is 0.208. The van der Waals surface area contributed by atoms with Gasteiger partial charge in [-0.2, -0.15) is 0 Å². The third-order valence-corrected chi connectivity index (χ3v) is 4.47. The van der Waals surface area contributed by atoms with Crippen LogP contribution in [0.1, 0.15) is 17.5 Å². The van der Waals surface area contributed by atoms with Gasteiger partial charge in [0.25, 0.3) is 0 Å². The van der Waals surface area contributed by atoms with Gasteiger partial charge in [0.15, 0.2) is 0 Å². The largest absolute Gasteiger partial charge is 0.337 e. The number of nitrogens with zero attached hydrogens (tertiary/aromatic N) is 2. The SMILES string of the molecule is NCC1C=CCCN1CC(=O)N1CCc2ccccc2C1. The lowest BCUT2D eigenvalue weighted by molar-refractivity contribution is -0.133. The Kier molecular flexibility index (Phi) is 4.36. The van der Waals surface area contributed by atoms with E-state index in [0.717, 1.165) is 32.5 Å². The maximum atomic E-state index is 12.6. The molecule has 0 saturated carbocycles. The van der Waals surface area contributed by atoms with Crippen molar-refractivity contribution in [1.82, 2.24) is 9.80 Å². The summed E-state index contributed by atoms with van der Waals surface area (Å²) < 4.78 is 0. The maximum absolute atomic E-state index is 12.6. The van der Waals surface area contributed by atoms with Crippen LogP contribution in [0.5, 0.6) is 0 Å². The lowest BCUT2D eigenvalue weighted by atomic mass is 10.00. The number of hydrogen-bond acceptors (Lipinski definition) is 3. The van der Waals surface area contributed by atoms with E-state index in [1.165, 1.54) is 11.1 Å². The fraction of sp³-hybridized carbons (Fsp3) is 0.471. The average molecular weight is 285 g/mol. The molecule has 0 saturated heterocycles. The van der Waals surface area contributed by atoms with Crippen molar-refractivity contribution in [1.29, 1.82) is 0 Å². The molecule has 0 fully saturated rings. The quantitative estimate of drug-likeness (QED) is 0.848. The van der Waals surface area contributed by atoms with Crippen molar-refractivity contribution in [2.75, 3.05) is 26.2 Å². The van der Waals surface area contributed by atoms with E-state index in [0.29, 0.717) is 13.1 Å². The van der Waals surface area contributed by atoms with Gasteiger partial charge in [0, 0.05) is 32.2 Å². The zero-order valence-electron chi connectivity index (χ0n) is 12.4. The monoisotopic (exact) mass is 285 g/mol. The molecule has 0 aromatic heterocycles. The van der Waals surface area contributed by atoms with Crippen molar-refractivity contribution in [2.45, 2.75) is 25.4 Å². The van der Waals surface area contributed by atoms with Gasteiger partial charge in [0.2, 0.25) is 5.91 Å². The predicted molar refractivity (Wildman–Crippen MR) is 83.7 cm³/mol. The molecule has 1 amide bonds. The Labute approximate surface area is 126 Å². The van der Waals surface area contributed by atoms with Crippen LogP contribution in [0.25, 0.3) is 0 Å². The zero-order valence-corrected chi connectivity index (χ0v) is 12.4. The Bertz CT molecular complexity index is 541. The summed E-state index contributed by atoms with van der Waals surface area (Å²) in [5.41, 5.74) is 8.45. The molecule has 112 valence electrons. The molecule has 0 aliphatic carbocycles. The van der Waals surface area contributed by atoms with E-state index < -0.39 is 0 Å². The van der Waals surface area contributed by atoms with Gasteiger partial charge in [-0.15, -0.1) is 0 Å². The van der Waals surface area contributed by atoms with E-state index in [-0.39, 0.29) is 11.9 Å². The Balaban J connectivity index is 1.63. The molecule has 1 unspecified atom stereocenters. The number of rotatable bonds is 3. The summed E-state index contributed by atoms with van der Waals surface area (Å²) in [5.74, 6) is 0.221. The first-order valence-corrected chi connectivity index (χ1v) is 7.73. The van der Waals surface area contributed by atoms with Crippen LogP contribution < -0.4 is 5.73 Å². The van der Waals surface area contributed by atoms with Gasteiger partial charge in [-0.1, -0.05) is 36.4 Å². The van der Waals surface area contributed by atoms with Gasteiger partial charge in [-0.3, -0.25) is 9.69 Å². The van der Waals surface area contributed by atoms with E-state index in [2.05, 4.69) is 35.3 Å². The highest BCUT2D eigenvalue weighted by Gasteiger charge is 2.25. The van der Waals surface area contributed by atoms with Gasteiger partial charge < -0.3 is 10.6 Å². The number of fused-ring (bicyclic) bond motifs is 1. The molecule has 1 aromatic rings. The van der Waals surface area contributed by atoms with Crippen LogP contribution in [0, 0.1) is 0 Å². The summed E-state index contributed by atoms with van der Waals surface area (Å²) in [4.78, 5) is 16.7. The van der Waals surface area contributed by atoms with Crippen molar-refractivity contribution in [3.63, 3.8) is 0 Å². The van der Waals surface area contributed by atoms with Crippen molar-refractivity contribution >= 4 is 5.91 Å². The third-order valence-electron chi connectivity index (χ3n) is 4.47. The number of carbonyl (C=O) groups excluding carboxylic acids is 1. The second-order valence-electron chi connectivity index (χ2n) is 5.82. The first-order chi connectivity index (χ1) is 10.3. The summed E-state index contributed by atoms with van der Waals surface area (Å²) in [7, 11) is 0. The van der Waals surface area contributed by atoms with E-state index in [1.807, 2.05) is 11.0 Å². The summed E-state index contributed by atoms with van der Waals surface area (Å²) in [5, 5.41) is 0. The fourth-order valence-electron chi connectivity index (χ4n) is 3.19. The number of carbonyl (C=O) groups is 1. The topological polar surface area (TPSA) is 49.6 Å². The molecule has 0 radical (unpaired) electrons. The second kappa shape index (κ2) is 6.41. The Morgan fingerprint density at radius 1 is 1.24 bits per heavy atom. The molecule has 3 rings (SSSR count). The summed E-state index contributed by atoms with van der Waals surface area (Å²) in [6.07, 6.45) is 6.26. The molecule has 2 aliphatic heterocycles. The molecular formula is C17H23N3O. The predicted octanol–water partition coefficient (Wildman–Crippen LogP) is 1.16. The Morgan fingerprint density at radius 3 is 2.86 bits per heavy atom. The highest BCUT2D eigenvalue weighted by molar-refractivity contribution is 5.78. The Morgan fingerprint density at radius 2 is 2.05 bits per heavy atom. The molecule has 2 heterocycles. The minimum absolute atomic E-state index is 0.208. The lowest BCUT2D eigenvalue weighted by Gasteiger charge is -2.34. The van der Waals surface area contributed by atoms with Gasteiger partial charge in [-0.25, -0.2) is 0 Å². The molecule has 2 aliphatic rings. The standard InChI is InChI=1S/C17H23N3O/c18-11-16-7-3-4-9-19(16)13-17(21)20-10-8-14-5-1-2-6-15(14)12-20/h1-3,5-7,16H,4,8-13,18H2. The zero-order chi connectivity index (χ0) is 14.7. The summed E-state index contributed by atoms with van der Waals surface area (Å²) in [6, 6.07) is 8.62. The minimum Gasteiger partial charge on any atom is -0.337 e. The van der Waals surface area contributed by atoms with Crippen LogP contribution >= 0.6 is 0 Å². The van der Waals surface area contributed by atoms with Crippen molar-refractivity contribution in [2.24, 2.45) is 5.73 Å². The highest BCUT2D eigenvalue weighted by Crippen LogP contribution is 2.19. The maximum Gasteiger partial charge on any atom is 0.237 e. The molecule has 4 nitrogen and oxygen atoms in total. The van der Waals surface area contributed by atoms with Crippen molar-refractivity contribution in [3.05, 3.63) is 47.5 Å². The number of amides is 1. The molecular weight excluding hydrogens is 262 g/mol. The molecule has 1 aromatic carbocycles. The first-order valence-electron chi connectivity index (χ1n) is 7.73. The average Bonchev–Trinajstić information content (AvgIpc) is 2.55. The van der Waals surface area contributed by atoms with Crippen LogP contribution in [0.4, 0.5) is 0 Å². The highest BCUT2D eigenvalue weighted by atomic mass is 16.2. The summed E-state index contributed by atoms with van der Waals surface area (Å²) >= 11 is 0. The van der Waals surface area contributed by atoms with Crippen molar-refractivity contribution in [3.8, 4) is 0 Å². The second-order valence-corrected chi connectivity index (χ2v) is 5.82. The third kappa shape index (κ3) is 3.17. The van der Waals surface area contributed by atoms with Gasteiger partial charge in [-0.05, 0) is 24.0 Å². The molecule has 0 spiro atoms. The van der Waals surface area contributed by atoms with Crippen LogP contribution in [-0.4, -0.2) is 47.9 Å². The van der Waals surface area contributed by atoms with Crippen LogP contribution in [0.15, 0.2) is 36.4 Å². The van der Waals surface area contributed by atoms with E-state index >= 15 is 0 Å². The van der Waals surface area contributed by atoms with Crippen LogP contribution in [0.3, 0.4) is 0 Å². The van der Waals surface area contributed by atoms with Crippen LogP contribution in [-0.2, 0) is 17.8 Å². The number of nitrogens with two attached hydrogens (primary N) is 1. The Hall–Kier alpha value is -1.65. The smallest absolute Gasteiger partial charge is 0.237 e. The molecule has 0 bridgehead atoms. The van der Waals surface area contributed by atoms with Crippen molar-refractivity contribution < 1.29 is 4.79 Å². The fourth-order valence-corrected chi connectivity index (χ4v) is 3.19. The normalized spacial score (nSPS) is 22.1. The van der Waals surface area contributed by atoms with Gasteiger partial charge >= 0.3 is 0 Å². The van der Waals surface area contributed by atoms with Crippen LogP contribution in [0.2, 0.25) is 0 Å². The molecule has 2 N–H and O–H groups in total. The number of hydrogen-bond donors (Lipinski definition) is 1. The van der Waals surface area contributed by atoms with E-state index in [9.17, 15) is 4.79 Å². The number of benzene rings is 1. The van der Waals surface area contributed by atoms with E-state index in [4.69, 9.17) is 5.73 Å². The summed E-state index contributed by atoms with van der Waals surface area (Å²) in [6.45, 7) is 3.55. The van der Waals surface area contributed by atoms with E-state index in [1.54, 1.807) is 0 Å². The van der Waals surface area contributed by atoms with Gasteiger partial charge in [0.05, 0.1) is 6.54 Å². The molecule has 4 heteroatoms.